The minimum atomic E-state index is -0.194. The van der Waals surface area contributed by atoms with E-state index in [1.807, 2.05) is 6.07 Å². The van der Waals surface area contributed by atoms with E-state index < -0.39 is 0 Å². The van der Waals surface area contributed by atoms with Gasteiger partial charge in [0.25, 0.3) is 5.56 Å². The van der Waals surface area contributed by atoms with Crippen molar-refractivity contribution in [3.05, 3.63) is 46.0 Å². The summed E-state index contributed by atoms with van der Waals surface area (Å²) in [5.41, 5.74) is 1.55. The highest BCUT2D eigenvalue weighted by atomic mass is 16.3. The first-order chi connectivity index (χ1) is 10.6. The number of aromatic nitrogens is 4. The first-order valence-electron chi connectivity index (χ1n) is 7.41. The molecule has 1 aliphatic rings. The summed E-state index contributed by atoms with van der Waals surface area (Å²) in [7, 11) is 0. The van der Waals surface area contributed by atoms with E-state index in [4.69, 9.17) is 0 Å². The maximum absolute atomic E-state index is 11.4. The Labute approximate surface area is 127 Å². The Morgan fingerprint density at radius 3 is 2.91 bits per heavy atom. The van der Waals surface area contributed by atoms with E-state index in [1.54, 1.807) is 6.92 Å². The molecule has 3 rings (SSSR count). The van der Waals surface area contributed by atoms with Crippen molar-refractivity contribution >= 4 is 5.82 Å². The van der Waals surface area contributed by atoms with Crippen LogP contribution in [0.25, 0.3) is 0 Å². The van der Waals surface area contributed by atoms with Crippen molar-refractivity contribution < 1.29 is 5.11 Å². The predicted octanol–water partition coefficient (Wildman–Crippen LogP) is 0.761. The van der Waals surface area contributed by atoms with Gasteiger partial charge in [0.1, 0.15) is 18.0 Å². The van der Waals surface area contributed by atoms with Gasteiger partial charge in [0.2, 0.25) is 0 Å². The fraction of sp³-hybridized carbons (Fsp3) is 0.467. The van der Waals surface area contributed by atoms with E-state index in [2.05, 4.69) is 25.3 Å². The lowest BCUT2D eigenvalue weighted by atomic mass is 9.80. The lowest BCUT2D eigenvalue weighted by Gasteiger charge is -2.30. The van der Waals surface area contributed by atoms with Gasteiger partial charge in [0.15, 0.2) is 0 Å². The molecule has 116 valence electrons. The minimum Gasteiger partial charge on any atom is -0.393 e. The Hall–Kier alpha value is -2.28. The van der Waals surface area contributed by atoms with E-state index in [0.29, 0.717) is 30.4 Å². The number of aryl methyl sites for hydroxylation is 1. The Kier molecular flexibility index (Phi) is 4.15. The average Bonchev–Trinajstić information content (AvgIpc) is 2.43. The number of H-pyrrole nitrogens is 1. The van der Waals surface area contributed by atoms with E-state index in [0.717, 1.165) is 24.4 Å². The van der Waals surface area contributed by atoms with Gasteiger partial charge in [-0.05, 0) is 19.8 Å². The second-order valence-electron chi connectivity index (χ2n) is 5.66. The average molecular weight is 301 g/mol. The van der Waals surface area contributed by atoms with Gasteiger partial charge in [0.05, 0.1) is 6.10 Å². The maximum atomic E-state index is 11.4. The lowest BCUT2D eigenvalue weighted by Crippen LogP contribution is -2.27. The number of anilines is 1. The SMILES string of the molecule is Cc1cc(=O)[nH]c(CCNc2cc(C3CC(O)C3)ncn2)n1. The van der Waals surface area contributed by atoms with Crippen molar-refractivity contribution in [1.82, 2.24) is 19.9 Å². The molecule has 0 atom stereocenters. The smallest absolute Gasteiger partial charge is 0.251 e. The highest BCUT2D eigenvalue weighted by Crippen LogP contribution is 2.35. The molecule has 1 saturated carbocycles. The topological polar surface area (TPSA) is 104 Å². The Bertz CT molecular complexity index is 709. The third-order valence-electron chi connectivity index (χ3n) is 3.81. The molecular weight excluding hydrogens is 282 g/mol. The van der Waals surface area contributed by atoms with E-state index >= 15 is 0 Å². The standard InChI is InChI=1S/C15H19N5O2/c1-9-4-15(22)20-13(19-9)2-3-16-14-7-12(17-8-18-14)10-5-11(21)6-10/h4,7-8,10-11,21H,2-3,5-6H2,1H3,(H,16,17,18)(H,19,20,22). The maximum Gasteiger partial charge on any atom is 0.251 e. The largest absolute Gasteiger partial charge is 0.393 e. The highest BCUT2D eigenvalue weighted by Gasteiger charge is 2.29. The van der Waals surface area contributed by atoms with E-state index in [1.165, 1.54) is 12.4 Å². The van der Waals surface area contributed by atoms with Crippen LogP contribution in [0.1, 0.15) is 36.0 Å². The van der Waals surface area contributed by atoms with Gasteiger partial charge >= 0.3 is 0 Å². The first-order valence-corrected chi connectivity index (χ1v) is 7.41. The number of aliphatic hydroxyl groups is 1. The third-order valence-corrected chi connectivity index (χ3v) is 3.81. The molecule has 0 bridgehead atoms. The minimum absolute atomic E-state index is 0.129. The van der Waals surface area contributed by atoms with E-state index in [-0.39, 0.29) is 11.7 Å². The Morgan fingerprint density at radius 1 is 1.36 bits per heavy atom. The summed E-state index contributed by atoms with van der Waals surface area (Å²) in [4.78, 5) is 26.8. The summed E-state index contributed by atoms with van der Waals surface area (Å²) in [6.07, 6.45) is 3.49. The van der Waals surface area contributed by atoms with Crippen LogP contribution < -0.4 is 10.9 Å². The summed E-state index contributed by atoms with van der Waals surface area (Å²) in [5.74, 6) is 1.74. The van der Waals surface area contributed by atoms with Gasteiger partial charge in [-0.2, -0.15) is 0 Å². The third kappa shape index (κ3) is 3.48. The molecule has 22 heavy (non-hydrogen) atoms. The van der Waals surface area contributed by atoms with Gasteiger partial charge in [-0.15, -0.1) is 0 Å². The molecule has 0 radical (unpaired) electrons. The number of hydrogen-bond acceptors (Lipinski definition) is 6. The second-order valence-corrected chi connectivity index (χ2v) is 5.66. The zero-order chi connectivity index (χ0) is 15.5. The zero-order valence-corrected chi connectivity index (χ0v) is 12.4. The molecular formula is C15H19N5O2. The molecule has 0 saturated heterocycles. The van der Waals surface area contributed by atoms with Crippen molar-refractivity contribution in [2.45, 2.75) is 38.2 Å². The number of nitrogens with zero attached hydrogens (tertiary/aromatic N) is 3. The fourth-order valence-corrected chi connectivity index (χ4v) is 2.59. The molecule has 1 aliphatic carbocycles. The molecule has 0 spiro atoms. The summed E-state index contributed by atoms with van der Waals surface area (Å²) in [6.45, 7) is 2.42. The molecule has 2 heterocycles. The molecule has 2 aromatic rings. The van der Waals surface area contributed by atoms with Gasteiger partial charge in [-0.25, -0.2) is 15.0 Å². The van der Waals surface area contributed by atoms with Crippen molar-refractivity contribution in [3.8, 4) is 0 Å². The number of hydrogen-bond donors (Lipinski definition) is 3. The van der Waals surface area contributed by atoms with Gasteiger partial charge < -0.3 is 15.4 Å². The van der Waals surface area contributed by atoms with Gasteiger partial charge in [0, 0.05) is 42.4 Å². The molecule has 0 aromatic carbocycles. The van der Waals surface area contributed by atoms with Crippen LogP contribution in [0.5, 0.6) is 0 Å². The first kappa shape index (κ1) is 14.6. The summed E-state index contributed by atoms with van der Waals surface area (Å²) in [5, 5.41) is 12.6. The number of rotatable bonds is 5. The van der Waals surface area contributed by atoms with Crippen molar-refractivity contribution in [3.63, 3.8) is 0 Å². The van der Waals surface area contributed by atoms with Crippen LogP contribution in [-0.4, -0.2) is 37.7 Å². The predicted molar refractivity (Wildman–Crippen MR) is 81.8 cm³/mol. The van der Waals surface area contributed by atoms with Crippen molar-refractivity contribution in [2.24, 2.45) is 0 Å². The van der Waals surface area contributed by atoms with Gasteiger partial charge in [-0.1, -0.05) is 0 Å². The molecule has 0 amide bonds. The van der Waals surface area contributed by atoms with Crippen LogP contribution in [0.4, 0.5) is 5.82 Å². The normalized spacial score (nSPS) is 20.5. The Morgan fingerprint density at radius 2 is 2.18 bits per heavy atom. The summed E-state index contributed by atoms with van der Waals surface area (Å²) < 4.78 is 0. The van der Waals surface area contributed by atoms with Crippen LogP contribution in [0, 0.1) is 6.92 Å². The molecule has 1 fully saturated rings. The second kappa shape index (κ2) is 6.23. The van der Waals surface area contributed by atoms with Crippen molar-refractivity contribution in [1.29, 1.82) is 0 Å². The van der Waals surface area contributed by atoms with Crippen LogP contribution >= 0.6 is 0 Å². The summed E-state index contributed by atoms with van der Waals surface area (Å²) >= 11 is 0. The van der Waals surface area contributed by atoms with Crippen LogP contribution in [0.3, 0.4) is 0 Å². The molecule has 0 unspecified atom stereocenters. The van der Waals surface area contributed by atoms with Crippen LogP contribution in [0.2, 0.25) is 0 Å². The zero-order valence-electron chi connectivity index (χ0n) is 12.4. The molecule has 0 aliphatic heterocycles. The summed E-state index contributed by atoms with van der Waals surface area (Å²) in [6, 6.07) is 3.39. The fourth-order valence-electron chi connectivity index (χ4n) is 2.59. The molecule has 7 heteroatoms. The van der Waals surface area contributed by atoms with Gasteiger partial charge in [-0.3, -0.25) is 4.79 Å². The molecule has 3 N–H and O–H groups in total. The van der Waals surface area contributed by atoms with Crippen LogP contribution in [-0.2, 0) is 6.42 Å². The quantitative estimate of drug-likeness (QED) is 0.753. The van der Waals surface area contributed by atoms with Crippen LogP contribution in [0.15, 0.2) is 23.3 Å². The lowest BCUT2D eigenvalue weighted by molar-refractivity contribution is 0.0732. The highest BCUT2D eigenvalue weighted by molar-refractivity contribution is 5.36. The molecule has 2 aromatic heterocycles. The Balaban J connectivity index is 1.57. The van der Waals surface area contributed by atoms with Crippen molar-refractivity contribution in [2.75, 3.05) is 11.9 Å². The monoisotopic (exact) mass is 301 g/mol. The number of nitrogens with one attached hydrogen (secondary N) is 2. The van der Waals surface area contributed by atoms with E-state index in [9.17, 15) is 9.90 Å². The number of aliphatic hydroxyl groups excluding tert-OH is 1. The number of aromatic amines is 1. The molecule has 7 nitrogen and oxygen atoms in total.